The lowest BCUT2D eigenvalue weighted by molar-refractivity contribution is -0.384. The van der Waals surface area contributed by atoms with Gasteiger partial charge in [-0.3, -0.25) is 10.1 Å². The van der Waals surface area contributed by atoms with Crippen LogP contribution in [0, 0.1) is 16.0 Å². The molecule has 2 aliphatic rings. The van der Waals surface area contributed by atoms with E-state index in [1.807, 2.05) is 4.90 Å². The van der Waals surface area contributed by atoms with E-state index in [1.54, 1.807) is 12.1 Å². The van der Waals surface area contributed by atoms with Crippen LogP contribution in [-0.4, -0.2) is 43.4 Å². The van der Waals surface area contributed by atoms with Gasteiger partial charge in [0, 0.05) is 24.7 Å². The number of ether oxygens (including phenoxy) is 1. The van der Waals surface area contributed by atoms with Gasteiger partial charge >= 0.3 is 5.97 Å². The lowest BCUT2D eigenvalue weighted by Gasteiger charge is -2.28. The summed E-state index contributed by atoms with van der Waals surface area (Å²) in [5.41, 5.74) is 1.08. The smallest absolute Gasteiger partial charge is 0.338 e. The van der Waals surface area contributed by atoms with Crippen LogP contribution in [0.2, 0.25) is 0 Å². The van der Waals surface area contributed by atoms with Crippen LogP contribution in [-0.2, 0) is 14.4 Å². The Morgan fingerprint density at radius 1 is 1.39 bits per heavy atom. The van der Waals surface area contributed by atoms with Crippen molar-refractivity contribution >= 4 is 23.6 Å². The molecule has 0 spiro atoms. The fourth-order valence-electron chi connectivity index (χ4n) is 2.37. The standard InChI is InChI=1S/C15H17N3O5/c19-15(12-2-3-12)23-16-10-11-1-4-13(14(9-11)18(20)21)17-5-7-22-8-6-17/h1,4,9-10,12H,2-3,5-8H2/b16-10+. The summed E-state index contributed by atoms with van der Waals surface area (Å²) >= 11 is 0. The third-order valence-corrected chi connectivity index (χ3v) is 3.80. The predicted molar refractivity (Wildman–Crippen MR) is 82.5 cm³/mol. The first-order chi connectivity index (χ1) is 11.1. The van der Waals surface area contributed by atoms with Gasteiger partial charge in [0.2, 0.25) is 0 Å². The number of hydrogen-bond acceptors (Lipinski definition) is 7. The zero-order valence-corrected chi connectivity index (χ0v) is 12.5. The van der Waals surface area contributed by atoms with E-state index in [2.05, 4.69) is 5.16 Å². The number of carbonyl (C=O) groups is 1. The minimum absolute atomic E-state index is 0.00405. The van der Waals surface area contributed by atoms with Crippen LogP contribution in [0.1, 0.15) is 18.4 Å². The summed E-state index contributed by atoms with van der Waals surface area (Å²) in [4.78, 5) is 28.9. The predicted octanol–water partition coefficient (Wildman–Crippen LogP) is 1.72. The molecule has 0 N–H and O–H groups in total. The highest BCUT2D eigenvalue weighted by Gasteiger charge is 2.31. The van der Waals surface area contributed by atoms with E-state index in [0.717, 1.165) is 12.8 Å². The number of nitro benzene ring substituents is 1. The number of nitrogens with zero attached hydrogens (tertiary/aromatic N) is 3. The summed E-state index contributed by atoms with van der Waals surface area (Å²) in [7, 11) is 0. The first kappa shape index (κ1) is 15.4. The fourth-order valence-corrected chi connectivity index (χ4v) is 2.37. The van der Waals surface area contributed by atoms with Gasteiger partial charge in [0.15, 0.2) is 0 Å². The molecule has 0 unspecified atom stereocenters. The highest BCUT2D eigenvalue weighted by atomic mass is 16.7. The number of benzene rings is 1. The van der Waals surface area contributed by atoms with Gasteiger partial charge in [-0.05, 0) is 18.9 Å². The molecule has 1 aromatic carbocycles. The van der Waals surface area contributed by atoms with E-state index in [0.29, 0.717) is 37.6 Å². The second-order valence-electron chi connectivity index (χ2n) is 5.52. The third kappa shape index (κ3) is 3.84. The monoisotopic (exact) mass is 319 g/mol. The van der Waals surface area contributed by atoms with E-state index in [-0.39, 0.29) is 17.6 Å². The molecule has 8 nitrogen and oxygen atoms in total. The van der Waals surface area contributed by atoms with Crippen molar-refractivity contribution in [2.24, 2.45) is 11.1 Å². The first-order valence-electron chi connectivity index (χ1n) is 7.50. The van der Waals surface area contributed by atoms with E-state index < -0.39 is 4.92 Å². The highest BCUT2D eigenvalue weighted by Crippen LogP contribution is 2.31. The first-order valence-corrected chi connectivity index (χ1v) is 7.50. The number of morpholine rings is 1. The van der Waals surface area contributed by atoms with Crippen molar-refractivity contribution in [1.29, 1.82) is 0 Å². The maximum Gasteiger partial charge on any atom is 0.338 e. The molecule has 3 rings (SSSR count). The van der Waals surface area contributed by atoms with Gasteiger partial charge in [0.1, 0.15) is 5.69 Å². The van der Waals surface area contributed by atoms with Gasteiger partial charge in [-0.1, -0.05) is 11.2 Å². The molecule has 8 heteroatoms. The highest BCUT2D eigenvalue weighted by molar-refractivity contribution is 5.84. The molecule has 122 valence electrons. The van der Waals surface area contributed by atoms with Crippen LogP contribution in [0.25, 0.3) is 0 Å². The van der Waals surface area contributed by atoms with Crippen molar-refractivity contribution in [3.05, 3.63) is 33.9 Å². The van der Waals surface area contributed by atoms with Crippen molar-refractivity contribution in [2.75, 3.05) is 31.2 Å². The molecule has 0 radical (unpaired) electrons. The van der Waals surface area contributed by atoms with Gasteiger partial charge in [-0.2, -0.15) is 0 Å². The van der Waals surface area contributed by atoms with Gasteiger partial charge in [0.05, 0.1) is 30.3 Å². The Bertz CT molecular complexity index is 636. The third-order valence-electron chi connectivity index (χ3n) is 3.80. The van der Waals surface area contributed by atoms with E-state index >= 15 is 0 Å². The summed E-state index contributed by atoms with van der Waals surface area (Å²) < 4.78 is 5.26. The molecule has 1 saturated heterocycles. The Labute approximate surface area is 132 Å². The molecule has 0 atom stereocenters. The molecule has 1 aromatic rings. The Hall–Kier alpha value is -2.48. The van der Waals surface area contributed by atoms with Crippen molar-refractivity contribution in [3.63, 3.8) is 0 Å². The number of nitro groups is 1. The lowest BCUT2D eigenvalue weighted by atomic mass is 10.1. The molecule has 0 bridgehead atoms. The van der Waals surface area contributed by atoms with E-state index in [4.69, 9.17) is 9.57 Å². The lowest BCUT2D eigenvalue weighted by Crippen LogP contribution is -2.36. The molecular weight excluding hydrogens is 302 g/mol. The zero-order valence-electron chi connectivity index (χ0n) is 12.5. The summed E-state index contributed by atoms with van der Waals surface area (Å²) in [5, 5.41) is 14.9. The fraction of sp³-hybridized carbons (Fsp3) is 0.467. The molecule has 1 aliphatic heterocycles. The van der Waals surface area contributed by atoms with Gasteiger partial charge in [-0.15, -0.1) is 0 Å². The Morgan fingerprint density at radius 3 is 2.78 bits per heavy atom. The normalized spacial score (nSPS) is 18.2. The summed E-state index contributed by atoms with van der Waals surface area (Å²) in [5.74, 6) is -0.383. The van der Waals surface area contributed by atoms with Gasteiger partial charge in [0.25, 0.3) is 5.69 Å². The average Bonchev–Trinajstić information content (AvgIpc) is 3.40. The minimum atomic E-state index is -0.418. The molecule has 2 fully saturated rings. The van der Waals surface area contributed by atoms with Crippen LogP contribution in [0.4, 0.5) is 11.4 Å². The van der Waals surface area contributed by atoms with Gasteiger partial charge in [-0.25, -0.2) is 4.79 Å². The second-order valence-corrected chi connectivity index (χ2v) is 5.52. The van der Waals surface area contributed by atoms with Gasteiger partial charge < -0.3 is 14.5 Å². The quantitative estimate of drug-likeness (QED) is 0.355. The molecule has 23 heavy (non-hydrogen) atoms. The van der Waals surface area contributed by atoms with Crippen molar-refractivity contribution in [1.82, 2.24) is 0 Å². The number of carbonyl (C=O) groups excluding carboxylic acids is 1. The van der Waals surface area contributed by atoms with E-state index in [1.165, 1.54) is 12.3 Å². The molecule has 0 aromatic heterocycles. The topological polar surface area (TPSA) is 94.3 Å². The molecule has 1 aliphatic carbocycles. The summed E-state index contributed by atoms with van der Waals surface area (Å²) in [6.07, 6.45) is 3.00. The largest absolute Gasteiger partial charge is 0.378 e. The Morgan fingerprint density at radius 2 is 2.13 bits per heavy atom. The summed E-state index contributed by atoms with van der Waals surface area (Å²) in [6, 6.07) is 4.83. The maximum absolute atomic E-state index is 11.4. The van der Waals surface area contributed by atoms with Crippen molar-refractivity contribution in [2.45, 2.75) is 12.8 Å². The summed E-state index contributed by atoms with van der Waals surface area (Å²) in [6.45, 7) is 2.34. The minimum Gasteiger partial charge on any atom is -0.378 e. The molecule has 1 saturated carbocycles. The number of hydrogen-bond donors (Lipinski definition) is 0. The molecular formula is C15H17N3O5. The zero-order chi connectivity index (χ0) is 16.2. The number of anilines is 1. The van der Waals surface area contributed by atoms with Crippen LogP contribution in [0.15, 0.2) is 23.4 Å². The molecule has 0 amide bonds. The number of rotatable bonds is 5. The van der Waals surface area contributed by atoms with Crippen molar-refractivity contribution < 1.29 is 19.3 Å². The Balaban J connectivity index is 1.74. The molecule has 1 heterocycles. The number of oxime groups is 1. The van der Waals surface area contributed by atoms with Crippen LogP contribution < -0.4 is 4.90 Å². The van der Waals surface area contributed by atoms with Crippen LogP contribution in [0.5, 0.6) is 0 Å². The van der Waals surface area contributed by atoms with Crippen LogP contribution in [0.3, 0.4) is 0 Å². The van der Waals surface area contributed by atoms with Crippen molar-refractivity contribution in [3.8, 4) is 0 Å². The van der Waals surface area contributed by atoms with E-state index in [9.17, 15) is 14.9 Å². The SMILES string of the molecule is O=C(O/N=C/c1ccc(N2CCOCC2)c([N+](=O)[O-])c1)C1CC1. The average molecular weight is 319 g/mol. The van der Waals surface area contributed by atoms with Crippen LogP contribution >= 0.6 is 0 Å². The Kier molecular flexibility index (Phi) is 4.52. The second kappa shape index (κ2) is 6.74. The maximum atomic E-state index is 11.4.